The molecule has 0 radical (unpaired) electrons. The third-order valence-electron chi connectivity index (χ3n) is 2.65. The molecule has 0 aliphatic heterocycles. The number of rotatable bonds is 5. The number of anilines is 1. The minimum atomic E-state index is -1.50. The largest absolute Gasteiger partial charge is 0.481 e. The number of carbonyl (C=O) groups excluding carboxylic acids is 1. The van der Waals surface area contributed by atoms with Crippen molar-refractivity contribution in [1.29, 1.82) is 0 Å². The van der Waals surface area contributed by atoms with Crippen LogP contribution in [0, 0.1) is 0 Å². The predicted octanol–water partition coefficient (Wildman–Crippen LogP) is 1.79. The quantitative estimate of drug-likeness (QED) is 0.662. The summed E-state index contributed by atoms with van der Waals surface area (Å²) in [4.78, 5) is 26.5. The van der Waals surface area contributed by atoms with Crippen LogP contribution < -0.4 is 10.6 Å². The number of carboxylic acid groups (broad SMARTS) is 1. The summed E-state index contributed by atoms with van der Waals surface area (Å²) in [5, 5.41) is 25.7. The van der Waals surface area contributed by atoms with E-state index in [1.54, 1.807) is 0 Å². The molecule has 8 heteroatoms. The lowest BCUT2D eigenvalue weighted by atomic mass is 9.93. The van der Waals surface area contributed by atoms with Crippen molar-refractivity contribution in [3.05, 3.63) is 11.1 Å². The summed E-state index contributed by atoms with van der Waals surface area (Å²) in [5.41, 5.74) is -0.721. The molecule has 1 rings (SSSR count). The standard InChI is InChI=1S/C13H21N3O4S/c1-12(2,3)8-6-21-11(15-8)16-10(19)14-7-13(4,20)5-9(17)18/h6,20H,5,7H2,1-4H3,(H,17,18)(H2,14,15,16,19). The summed E-state index contributed by atoms with van der Waals surface area (Å²) >= 11 is 1.31. The van der Waals surface area contributed by atoms with E-state index in [1.807, 2.05) is 26.2 Å². The number of aliphatic hydroxyl groups is 1. The third-order valence-corrected chi connectivity index (χ3v) is 3.41. The van der Waals surface area contributed by atoms with Crippen molar-refractivity contribution in [3.63, 3.8) is 0 Å². The molecular formula is C13H21N3O4S. The first-order valence-electron chi connectivity index (χ1n) is 6.45. The summed E-state index contributed by atoms with van der Waals surface area (Å²) in [6.45, 7) is 7.25. The Hall–Kier alpha value is -1.67. The van der Waals surface area contributed by atoms with Gasteiger partial charge in [0.05, 0.1) is 17.7 Å². The Labute approximate surface area is 127 Å². The number of thiazole rings is 1. The van der Waals surface area contributed by atoms with Gasteiger partial charge in [0.25, 0.3) is 0 Å². The van der Waals surface area contributed by atoms with Gasteiger partial charge >= 0.3 is 12.0 Å². The molecule has 4 N–H and O–H groups in total. The average molecular weight is 315 g/mol. The number of carboxylic acids is 1. The summed E-state index contributed by atoms with van der Waals surface area (Å²) in [6.07, 6.45) is -0.446. The Morgan fingerprint density at radius 1 is 1.33 bits per heavy atom. The van der Waals surface area contributed by atoms with Crippen LogP contribution in [0.5, 0.6) is 0 Å². The molecule has 1 heterocycles. The molecule has 7 nitrogen and oxygen atoms in total. The molecule has 0 aromatic carbocycles. The van der Waals surface area contributed by atoms with E-state index in [4.69, 9.17) is 5.11 Å². The van der Waals surface area contributed by atoms with Crippen LogP contribution in [-0.2, 0) is 10.2 Å². The van der Waals surface area contributed by atoms with Crippen molar-refractivity contribution in [1.82, 2.24) is 10.3 Å². The molecule has 1 unspecified atom stereocenters. The van der Waals surface area contributed by atoms with Gasteiger partial charge in [0.2, 0.25) is 0 Å². The first kappa shape index (κ1) is 17.4. The highest BCUT2D eigenvalue weighted by molar-refractivity contribution is 7.13. The van der Waals surface area contributed by atoms with Gasteiger partial charge in [-0.2, -0.15) is 0 Å². The Balaban J connectivity index is 2.51. The van der Waals surface area contributed by atoms with Gasteiger partial charge in [0.15, 0.2) is 5.13 Å². The molecule has 0 fully saturated rings. The fourth-order valence-electron chi connectivity index (χ4n) is 1.48. The van der Waals surface area contributed by atoms with Gasteiger partial charge in [-0.25, -0.2) is 9.78 Å². The second-order valence-corrected chi connectivity index (χ2v) is 7.02. The Kier molecular flexibility index (Phi) is 5.30. The zero-order valence-electron chi connectivity index (χ0n) is 12.6. The van der Waals surface area contributed by atoms with Gasteiger partial charge in [-0.05, 0) is 6.92 Å². The van der Waals surface area contributed by atoms with E-state index in [2.05, 4.69) is 15.6 Å². The Morgan fingerprint density at radius 3 is 2.43 bits per heavy atom. The zero-order valence-corrected chi connectivity index (χ0v) is 13.4. The topological polar surface area (TPSA) is 112 Å². The molecule has 0 aliphatic rings. The van der Waals surface area contributed by atoms with Crippen molar-refractivity contribution in [2.45, 2.75) is 45.1 Å². The number of hydrogen-bond acceptors (Lipinski definition) is 5. The molecule has 0 saturated carbocycles. The van der Waals surface area contributed by atoms with Gasteiger partial charge in [-0.3, -0.25) is 10.1 Å². The van der Waals surface area contributed by atoms with Crippen molar-refractivity contribution in [3.8, 4) is 0 Å². The highest BCUT2D eigenvalue weighted by atomic mass is 32.1. The molecule has 1 aromatic rings. The lowest BCUT2D eigenvalue weighted by molar-refractivity contribution is -0.141. The van der Waals surface area contributed by atoms with E-state index in [1.165, 1.54) is 18.3 Å². The van der Waals surface area contributed by atoms with Gasteiger partial charge in [-0.1, -0.05) is 20.8 Å². The molecule has 0 saturated heterocycles. The molecule has 1 atom stereocenters. The SMILES string of the molecule is CC(O)(CNC(=O)Nc1nc(C(C)(C)C)cs1)CC(=O)O. The summed E-state index contributed by atoms with van der Waals surface area (Å²) in [7, 11) is 0. The van der Waals surface area contributed by atoms with Gasteiger partial charge in [-0.15, -0.1) is 11.3 Å². The van der Waals surface area contributed by atoms with Crippen molar-refractivity contribution >= 4 is 28.5 Å². The molecule has 0 bridgehead atoms. The minimum Gasteiger partial charge on any atom is -0.481 e. The normalized spacial score (nSPS) is 14.3. The van der Waals surface area contributed by atoms with Crippen LogP contribution in [0.4, 0.5) is 9.93 Å². The number of nitrogens with zero attached hydrogens (tertiary/aromatic N) is 1. The Bertz CT molecular complexity index is 520. The van der Waals surface area contributed by atoms with Crippen LogP contribution in [0.25, 0.3) is 0 Å². The number of aliphatic carboxylic acids is 1. The van der Waals surface area contributed by atoms with E-state index in [0.717, 1.165) is 5.69 Å². The molecule has 118 valence electrons. The van der Waals surface area contributed by atoms with Crippen LogP contribution in [0.1, 0.15) is 39.8 Å². The van der Waals surface area contributed by atoms with Crippen LogP contribution in [0.3, 0.4) is 0 Å². The summed E-state index contributed by atoms with van der Waals surface area (Å²) in [6, 6.07) is -0.532. The number of urea groups is 1. The summed E-state index contributed by atoms with van der Waals surface area (Å²) in [5.74, 6) is -1.13. The average Bonchev–Trinajstić information content (AvgIpc) is 2.73. The van der Waals surface area contributed by atoms with E-state index >= 15 is 0 Å². The number of amides is 2. The molecule has 1 aromatic heterocycles. The van der Waals surface area contributed by atoms with Crippen molar-refractivity contribution in [2.75, 3.05) is 11.9 Å². The van der Waals surface area contributed by atoms with Gasteiger partial charge in [0, 0.05) is 17.3 Å². The zero-order chi connectivity index (χ0) is 16.3. The van der Waals surface area contributed by atoms with Crippen molar-refractivity contribution in [2.24, 2.45) is 0 Å². The Morgan fingerprint density at radius 2 is 1.95 bits per heavy atom. The second kappa shape index (κ2) is 6.40. The first-order chi connectivity index (χ1) is 9.49. The fraction of sp³-hybridized carbons (Fsp3) is 0.615. The molecule has 2 amide bonds. The molecular weight excluding hydrogens is 294 g/mol. The predicted molar refractivity (Wildman–Crippen MR) is 80.7 cm³/mol. The van der Waals surface area contributed by atoms with E-state index in [-0.39, 0.29) is 12.0 Å². The highest BCUT2D eigenvalue weighted by Gasteiger charge is 2.25. The number of nitrogens with one attached hydrogen (secondary N) is 2. The maximum Gasteiger partial charge on any atom is 0.321 e. The van der Waals surface area contributed by atoms with E-state index < -0.39 is 24.0 Å². The van der Waals surface area contributed by atoms with Crippen LogP contribution in [-0.4, -0.2) is 39.3 Å². The lowest BCUT2D eigenvalue weighted by Gasteiger charge is -2.21. The number of carbonyl (C=O) groups is 2. The number of aromatic nitrogens is 1. The lowest BCUT2D eigenvalue weighted by Crippen LogP contribution is -2.43. The smallest absolute Gasteiger partial charge is 0.321 e. The first-order valence-corrected chi connectivity index (χ1v) is 7.33. The van der Waals surface area contributed by atoms with Gasteiger partial charge in [0.1, 0.15) is 0 Å². The van der Waals surface area contributed by atoms with E-state index in [0.29, 0.717) is 5.13 Å². The van der Waals surface area contributed by atoms with Crippen LogP contribution >= 0.6 is 11.3 Å². The fourth-order valence-corrected chi connectivity index (χ4v) is 2.41. The van der Waals surface area contributed by atoms with Crippen LogP contribution in [0.2, 0.25) is 0 Å². The summed E-state index contributed by atoms with van der Waals surface area (Å²) < 4.78 is 0. The molecule has 21 heavy (non-hydrogen) atoms. The number of hydrogen-bond donors (Lipinski definition) is 4. The van der Waals surface area contributed by atoms with Crippen LogP contribution in [0.15, 0.2) is 5.38 Å². The highest BCUT2D eigenvalue weighted by Crippen LogP contribution is 2.26. The van der Waals surface area contributed by atoms with Gasteiger partial charge < -0.3 is 15.5 Å². The van der Waals surface area contributed by atoms with Crippen molar-refractivity contribution < 1.29 is 19.8 Å². The van der Waals surface area contributed by atoms with E-state index in [9.17, 15) is 14.7 Å². The minimum absolute atomic E-state index is 0.0991. The second-order valence-electron chi connectivity index (χ2n) is 6.16. The molecule has 0 spiro atoms. The maximum atomic E-state index is 11.7. The molecule has 0 aliphatic carbocycles. The maximum absolute atomic E-state index is 11.7. The monoisotopic (exact) mass is 315 g/mol. The third kappa shape index (κ3) is 6.09.